The van der Waals surface area contributed by atoms with Gasteiger partial charge < -0.3 is 10.1 Å². The molecule has 4 heteroatoms. The maximum absolute atomic E-state index is 11.9. The van der Waals surface area contributed by atoms with E-state index in [4.69, 9.17) is 16.3 Å². The molecule has 0 radical (unpaired) electrons. The van der Waals surface area contributed by atoms with Crippen molar-refractivity contribution < 1.29 is 9.53 Å². The lowest BCUT2D eigenvalue weighted by Crippen LogP contribution is -2.20. The zero-order valence-corrected chi connectivity index (χ0v) is 13.0. The highest BCUT2D eigenvalue weighted by Gasteiger charge is 2.10. The van der Waals surface area contributed by atoms with Crippen LogP contribution in [0.25, 0.3) is 0 Å². The Labute approximate surface area is 135 Å². The number of halogens is 1. The van der Waals surface area contributed by atoms with Crippen molar-refractivity contribution in [3.05, 3.63) is 58.6 Å². The Morgan fingerprint density at radius 3 is 2.55 bits per heavy atom. The van der Waals surface area contributed by atoms with Gasteiger partial charge in [0.05, 0.1) is 0 Å². The maximum atomic E-state index is 11.9. The Bertz CT molecular complexity index is 667. The van der Waals surface area contributed by atoms with Gasteiger partial charge in [0.15, 0.2) is 6.61 Å². The number of hydrogen-bond acceptors (Lipinski definition) is 2. The van der Waals surface area contributed by atoms with Crippen LogP contribution in [0.3, 0.4) is 0 Å². The van der Waals surface area contributed by atoms with E-state index in [9.17, 15) is 4.79 Å². The summed E-state index contributed by atoms with van der Waals surface area (Å²) in [6, 6.07) is 13.1. The molecule has 2 aromatic rings. The third-order valence-electron chi connectivity index (χ3n) is 3.82. The molecule has 1 aliphatic rings. The molecule has 1 aliphatic carbocycles. The summed E-state index contributed by atoms with van der Waals surface area (Å²) in [4.78, 5) is 11.9. The number of anilines is 1. The average molecular weight is 316 g/mol. The van der Waals surface area contributed by atoms with Gasteiger partial charge in [0.25, 0.3) is 5.91 Å². The van der Waals surface area contributed by atoms with Crippen molar-refractivity contribution in [2.75, 3.05) is 11.9 Å². The van der Waals surface area contributed by atoms with Crippen LogP contribution in [0.1, 0.15) is 24.0 Å². The van der Waals surface area contributed by atoms with Crippen LogP contribution in [0.5, 0.6) is 5.75 Å². The zero-order valence-electron chi connectivity index (χ0n) is 12.3. The second-order valence-corrected chi connectivity index (χ2v) is 5.92. The first-order valence-corrected chi connectivity index (χ1v) is 7.88. The highest BCUT2D eigenvalue weighted by molar-refractivity contribution is 6.30. The smallest absolute Gasteiger partial charge is 0.262 e. The van der Waals surface area contributed by atoms with Crippen LogP contribution < -0.4 is 10.1 Å². The van der Waals surface area contributed by atoms with E-state index in [1.54, 1.807) is 24.3 Å². The zero-order chi connectivity index (χ0) is 15.4. The molecule has 2 aromatic carbocycles. The Kier molecular flexibility index (Phi) is 4.64. The number of ether oxygens (including phenoxy) is 1. The number of rotatable bonds is 4. The Balaban J connectivity index is 1.55. The number of carbonyl (C=O) groups is 1. The highest BCUT2D eigenvalue weighted by atomic mass is 35.5. The van der Waals surface area contributed by atoms with E-state index in [0.29, 0.717) is 10.7 Å². The first kappa shape index (κ1) is 14.9. The van der Waals surface area contributed by atoms with E-state index >= 15 is 0 Å². The Morgan fingerprint density at radius 1 is 1.05 bits per heavy atom. The molecule has 0 saturated carbocycles. The molecule has 0 bridgehead atoms. The van der Waals surface area contributed by atoms with E-state index in [0.717, 1.165) is 18.6 Å². The number of amides is 1. The minimum atomic E-state index is -0.181. The van der Waals surface area contributed by atoms with Crippen molar-refractivity contribution >= 4 is 23.2 Å². The van der Waals surface area contributed by atoms with Gasteiger partial charge in [-0.1, -0.05) is 17.7 Å². The van der Waals surface area contributed by atoms with Crippen LogP contribution in [0.2, 0.25) is 5.02 Å². The predicted molar refractivity (Wildman–Crippen MR) is 88.7 cm³/mol. The SMILES string of the molecule is O=C(COc1ccc2c(c1)CCCC2)Nc1ccc(Cl)cc1. The maximum Gasteiger partial charge on any atom is 0.262 e. The summed E-state index contributed by atoms with van der Waals surface area (Å²) >= 11 is 5.81. The predicted octanol–water partition coefficient (Wildman–Crippen LogP) is 4.24. The van der Waals surface area contributed by atoms with Crippen molar-refractivity contribution in [2.45, 2.75) is 25.7 Å². The molecule has 0 fully saturated rings. The fraction of sp³-hybridized carbons (Fsp3) is 0.278. The lowest BCUT2D eigenvalue weighted by molar-refractivity contribution is -0.118. The summed E-state index contributed by atoms with van der Waals surface area (Å²) in [5, 5.41) is 3.42. The van der Waals surface area contributed by atoms with Gasteiger partial charge in [-0.2, -0.15) is 0 Å². The summed E-state index contributed by atoms with van der Waals surface area (Å²) < 4.78 is 5.59. The van der Waals surface area contributed by atoms with E-state index in [2.05, 4.69) is 17.4 Å². The minimum absolute atomic E-state index is 0.00140. The van der Waals surface area contributed by atoms with Gasteiger partial charge in [-0.3, -0.25) is 4.79 Å². The first-order chi connectivity index (χ1) is 10.7. The molecule has 114 valence electrons. The molecule has 0 aromatic heterocycles. The van der Waals surface area contributed by atoms with Gasteiger partial charge in [-0.25, -0.2) is 0 Å². The van der Waals surface area contributed by atoms with E-state index in [1.807, 2.05) is 6.07 Å². The van der Waals surface area contributed by atoms with Crippen molar-refractivity contribution in [1.82, 2.24) is 0 Å². The molecule has 1 amide bonds. The standard InChI is InChI=1S/C18H18ClNO2/c19-15-6-8-16(9-7-15)20-18(21)12-22-17-10-5-13-3-1-2-4-14(13)11-17/h5-11H,1-4,12H2,(H,20,21). The number of benzene rings is 2. The molecule has 3 nitrogen and oxygen atoms in total. The molecule has 0 spiro atoms. The molecule has 3 rings (SSSR count). The third kappa shape index (κ3) is 3.80. The highest BCUT2D eigenvalue weighted by Crippen LogP contribution is 2.25. The van der Waals surface area contributed by atoms with E-state index in [-0.39, 0.29) is 12.5 Å². The number of fused-ring (bicyclic) bond motifs is 1. The number of hydrogen-bond donors (Lipinski definition) is 1. The molecule has 22 heavy (non-hydrogen) atoms. The molecule has 0 saturated heterocycles. The number of aryl methyl sites for hydroxylation is 2. The summed E-state index contributed by atoms with van der Waals surface area (Å²) in [6.07, 6.45) is 4.74. The van der Waals surface area contributed by atoms with Gasteiger partial charge in [-0.15, -0.1) is 0 Å². The summed E-state index contributed by atoms with van der Waals surface area (Å²) in [5.41, 5.74) is 3.47. The monoisotopic (exact) mass is 315 g/mol. The van der Waals surface area contributed by atoms with E-state index in [1.165, 1.54) is 24.0 Å². The Morgan fingerprint density at radius 2 is 1.77 bits per heavy atom. The van der Waals surface area contributed by atoms with Crippen LogP contribution in [-0.4, -0.2) is 12.5 Å². The van der Waals surface area contributed by atoms with Gasteiger partial charge >= 0.3 is 0 Å². The third-order valence-corrected chi connectivity index (χ3v) is 4.07. The second-order valence-electron chi connectivity index (χ2n) is 5.48. The van der Waals surface area contributed by atoms with Crippen molar-refractivity contribution in [3.63, 3.8) is 0 Å². The van der Waals surface area contributed by atoms with Gasteiger partial charge in [-0.05, 0) is 73.2 Å². The Hall–Kier alpha value is -2.00. The number of carbonyl (C=O) groups excluding carboxylic acids is 1. The molecule has 0 aliphatic heterocycles. The first-order valence-electron chi connectivity index (χ1n) is 7.51. The van der Waals surface area contributed by atoms with Gasteiger partial charge in [0.2, 0.25) is 0 Å². The lowest BCUT2D eigenvalue weighted by Gasteiger charge is -2.16. The number of nitrogens with one attached hydrogen (secondary N) is 1. The minimum Gasteiger partial charge on any atom is -0.484 e. The topological polar surface area (TPSA) is 38.3 Å². The fourth-order valence-electron chi connectivity index (χ4n) is 2.68. The van der Waals surface area contributed by atoms with Crippen molar-refractivity contribution in [3.8, 4) is 5.75 Å². The average Bonchev–Trinajstić information content (AvgIpc) is 2.55. The fourth-order valence-corrected chi connectivity index (χ4v) is 2.80. The molecular weight excluding hydrogens is 298 g/mol. The van der Waals surface area contributed by atoms with Gasteiger partial charge in [0.1, 0.15) is 5.75 Å². The van der Waals surface area contributed by atoms with Crippen LogP contribution in [-0.2, 0) is 17.6 Å². The largest absolute Gasteiger partial charge is 0.484 e. The molecule has 0 atom stereocenters. The lowest BCUT2D eigenvalue weighted by atomic mass is 9.92. The van der Waals surface area contributed by atoms with Gasteiger partial charge in [0, 0.05) is 10.7 Å². The molecule has 0 heterocycles. The molecular formula is C18H18ClNO2. The quantitative estimate of drug-likeness (QED) is 0.916. The van der Waals surface area contributed by atoms with Crippen LogP contribution in [0, 0.1) is 0 Å². The van der Waals surface area contributed by atoms with Crippen molar-refractivity contribution in [1.29, 1.82) is 0 Å². The summed E-state index contributed by atoms with van der Waals surface area (Å²) in [5.74, 6) is 0.576. The van der Waals surface area contributed by atoms with E-state index < -0.39 is 0 Å². The van der Waals surface area contributed by atoms with Crippen LogP contribution >= 0.6 is 11.6 Å². The van der Waals surface area contributed by atoms with Crippen molar-refractivity contribution in [2.24, 2.45) is 0 Å². The molecule has 0 unspecified atom stereocenters. The molecule has 1 N–H and O–H groups in total. The summed E-state index contributed by atoms with van der Waals surface area (Å²) in [7, 11) is 0. The van der Waals surface area contributed by atoms with Crippen LogP contribution in [0.4, 0.5) is 5.69 Å². The normalized spacial score (nSPS) is 13.3. The van der Waals surface area contributed by atoms with Crippen LogP contribution in [0.15, 0.2) is 42.5 Å². The summed E-state index contributed by atoms with van der Waals surface area (Å²) in [6.45, 7) is 0.00140. The second kappa shape index (κ2) is 6.84.